The van der Waals surface area contributed by atoms with Gasteiger partial charge in [0.05, 0.1) is 0 Å². The van der Waals surface area contributed by atoms with E-state index < -0.39 is 0 Å². The van der Waals surface area contributed by atoms with Crippen LogP contribution in [0.4, 0.5) is 5.69 Å². The van der Waals surface area contributed by atoms with Crippen molar-refractivity contribution in [2.75, 3.05) is 11.4 Å². The minimum Gasteiger partial charge on any atom is -0.326 e. The number of benzene rings is 3. The third-order valence-electron chi connectivity index (χ3n) is 7.67. The summed E-state index contributed by atoms with van der Waals surface area (Å²) in [4.78, 5) is 15.7. The van der Waals surface area contributed by atoms with Crippen LogP contribution in [0.5, 0.6) is 0 Å². The molecule has 3 aromatic carbocycles. The van der Waals surface area contributed by atoms with E-state index in [1.165, 1.54) is 43.2 Å². The van der Waals surface area contributed by atoms with Crippen molar-refractivity contribution in [3.8, 4) is 11.1 Å². The van der Waals surface area contributed by atoms with Gasteiger partial charge in [-0.2, -0.15) is 0 Å². The van der Waals surface area contributed by atoms with Crippen LogP contribution in [0.25, 0.3) is 11.1 Å². The highest BCUT2D eigenvalue weighted by molar-refractivity contribution is 5.97. The second-order valence-electron chi connectivity index (χ2n) is 10.2. The van der Waals surface area contributed by atoms with Crippen LogP contribution >= 0.6 is 0 Å². The van der Waals surface area contributed by atoms with E-state index in [2.05, 4.69) is 72.8 Å². The van der Waals surface area contributed by atoms with Gasteiger partial charge in [-0.15, -0.1) is 0 Å². The molecule has 2 aliphatic carbocycles. The summed E-state index contributed by atoms with van der Waals surface area (Å²) >= 11 is 0. The molecule has 0 spiro atoms. The highest BCUT2D eigenvalue weighted by Gasteiger charge is 2.46. The van der Waals surface area contributed by atoms with Crippen LogP contribution in [0.15, 0.2) is 84.9 Å². The molecule has 0 saturated heterocycles. The summed E-state index contributed by atoms with van der Waals surface area (Å²) in [5.41, 5.74) is 11.3. The molecule has 1 amide bonds. The second kappa shape index (κ2) is 10.6. The number of carbonyl (C=O) groups excluding carboxylic acids is 1. The minimum absolute atomic E-state index is 0.00905. The maximum Gasteiger partial charge on any atom is 0.230 e. The fourth-order valence-electron chi connectivity index (χ4n) is 5.68. The maximum atomic E-state index is 13.7. The largest absolute Gasteiger partial charge is 0.326 e. The Kier molecular flexibility index (Phi) is 7.10. The number of nitrogens with two attached hydrogens (primary N) is 1. The monoisotopic (exact) mass is 452 g/mol. The van der Waals surface area contributed by atoms with Crippen molar-refractivity contribution in [2.45, 2.75) is 56.9 Å². The lowest BCUT2D eigenvalue weighted by atomic mass is 9.85. The van der Waals surface area contributed by atoms with Crippen LogP contribution in [0, 0.1) is 11.8 Å². The van der Waals surface area contributed by atoms with Crippen molar-refractivity contribution in [2.24, 2.45) is 17.6 Å². The minimum atomic E-state index is 0.00905. The lowest BCUT2D eigenvalue weighted by molar-refractivity contribution is -0.120. The number of nitrogens with zero attached hydrogens (tertiary/aromatic N) is 1. The Hall–Kier alpha value is -2.91. The van der Waals surface area contributed by atoms with Crippen LogP contribution in [0.3, 0.4) is 0 Å². The number of hydrogen-bond acceptors (Lipinski definition) is 2. The molecule has 2 aliphatic rings. The third-order valence-corrected chi connectivity index (χ3v) is 7.67. The Morgan fingerprint density at radius 1 is 0.824 bits per heavy atom. The lowest BCUT2D eigenvalue weighted by Crippen LogP contribution is -2.43. The smallest absolute Gasteiger partial charge is 0.230 e. The van der Waals surface area contributed by atoms with Gasteiger partial charge in [-0.25, -0.2) is 0 Å². The Morgan fingerprint density at radius 2 is 1.44 bits per heavy atom. The SMILES string of the molecule is N[C@@H](CC1CCCCC1)CN(C(=O)[C@@H]1C[C@H]1c1ccccc1)c1ccc(-c2ccccc2)cc1. The van der Waals surface area contributed by atoms with E-state index in [-0.39, 0.29) is 17.9 Å². The third kappa shape index (κ3) is 5.42. The number of rotatable bonds is 8. The zero-order valence-corrected chi connectivity index (χ0v) is 20.0. The van der Waals surface area contributed by atoms with Gasteiger partial charge >= 0.3 is 0 Å². The van der Waals surface area contributed by atoms with Crippen molar-refractivity contribution in [3.05, 3.63) is 90.5 Å². The summed E-state index contributed by atoms with van der Waals surface area (Å²) in [5, 5.41) is 0. The van der Waals surface area contributed by atoms with Gasteiger partial charge in [0.2, 0.25) is 5.91 Å². The fraction of sp³-hybridized carbons (Fsp3) is 0.387. The van der Waals surface area contributed by atoms with Crippen LogP contribution < -0.4 is 10.6 Å². The average molecular weight is 453 g/mol. The fourth-order valence-corrected chi connectivity index (χ4v) is 5.68. The lowest BCUT2D eigenvalue weighted by Gasteiger charge is -2.30. The quantitative estimate of drug-likeness (QED) is 0.409. The molecule has 0 aromatic heterocycles. The zero-order chi connectivity index (χ0) is 23.3. The number of carbonyl (C=O) groups is 1. The molecule has 2 saturated carbocycles. The van der Waals surface area contributed by atoms with Gasteiger partial charge in [0.15, 0.2) is 0 Å². The summed E-state index contributed by atoms with van der Waals surface area (Å²) in [5.74, 6) is 1.31. The zero-order valence-electron chi connectivity index (χ0n) is 20.0. The summed E-state index contributed by atoms with van der Waals surface area (Å²) in [6.07, 6.45) is 8.51. The molecule has 0 unspecified atom stereocenters. The molecular formula is C31H36N2O. The summed E-state index contributed by atoms with van der Waals surface area (Å²) in [7, 11) is 0. The van der Waals surface area contributed by atoms with E-state index >= 15 is 0 Å². The van der Waals surface area contributed by atoms with E-state index in [4.69, 9.17) is 5.73 Å². The predicted octanol–water partition coefficient (Wildman–Crippen LogP) is 6.79. The Labute approximate surface area is 204 Å². The average Bonchev–Trinajstić information content (AvgIpc) is 3.70. The molecule has 5 rings (SSSR count). The van der Waals surface area contributed by atoms with Crippen LogP contribution in [-0.2, 0) is 4.79 Å². The van der Waals surface area contributed by atoms with Crippen LogP contribution in [0.1, 0.15) is 56.4 Å². The first-order chi connectivity index (χ1) is 16.7. The first-order valence-corrected chi connectivity index (χ1v) is 13.0. The Bertz CT molecular complexity index is 1060. The number of hydrogen-bond donors (Lipinski definition) is 1. The molecule has 0 aliphatic heterocycles. The normalized spacial score (nSPS) is 21.1. The second-order valence-corrected chi connectivity index (χ2v) is 10.2. The first-order valence-electron chi connectivity index (χ1n) is 13.0. The maximum absolute atomic E-state index is 13.7. The molecule has 3 atom stereocenters. The molecule has 3 heteroatoms. The van der Waals surface area contributed by atoms with E-state index in [0.29, 0.717) is 18.4 Å². The van der Waals surface area contributed by atoms with Crippen LogP contribution in [-0.4, -0.2) is 18.5 Å². The standard InChI is InChI=1S/C31H36N2O/c32-27(20-23-10-4-1-5-11-23)22-33(31(34)30-21-29(30)26-14-8-3-9-15-26)28-18-16-25(17-19-28)24-12-6-2-7-13-24/h2-3,6-9,12-19,23,27,29-30H,1,4-5,10-11,20-22,32H2/t27-,29-,30+/m0/s1. The highest BCUT2D eigenvalue weighted by atomic mass is 16.2. The molecule has 3 nitrogen and oxygen atoms in total. The van der Waals surface area contributed by atoms with Gasteiger partial charge in [-0.1, -0.05) is 105 Å². The van der Waals surface area contributed by atoms with Gasteiger partial charge in [-0.05, 0) is 53.5 Å². The summed E-state index contributed by atoms with van der Waals surface area (Å²) in [6, 6.07) is 29.3. The van der Waals surface area contributed by atoms with E-state index in [1.54, 1.807) is 0 Å². The van der Waals surface area contributed by atoms with Crippen molar-refractivity contribution in [3.63, 3.8) is 0 Å². The van der Waals surface area contributed by atoms with Crippen molar-refractivity contribution in [1.29, 1.82) is 0 Å². The predicted molar refractivity (Wildman–Crippen MR) is 141 cm³/mol. The van der Waals surface area contributed by atoms with Gasteiger partial charge in [0.25, 0.3) is 0 Å². The highest BCUT2D eigenvalue weighted by Crippen LogP contribution is 2.49. The molecule has 2 fully saturated rings. The van der Waals surface area contributed by atoms with Gasteiger partial charge in [0, 0.05) is 24.2 Å². The molecule has 3 aromatic rings. The topological polar surface area (TPSA) is 46.3 Å². The summed E-state index contributed by atoms with van der Waals surface area (Å²) in [6.45, 7) is 0.595. The molecule has 2 N–H and O–H groups in total. The van der Waals surface area contributed by atoms with Gasteiger partial charge in [-0.3, -0.25) is 4.79 Å². The molecule has 0 bridgehead atoms. The molecule has 0 radical (unpaired) electrons. The summed E-state index contributed by atoms with van der Waals surface area (Å²) < 4.78 is 0. The molecular weight excluding hydrogens is 416 g/mol. The number of amides is 1. The number of anilines is 1. The van der Waals surface area contributed by atoms with E-state index in [0.717, 1.165) is 24.1 Å². The first kappa shape index (κ1) is 22.9. The van der Waals surface area contributed by atoms with Crippen molar-refractivity contribution in [1.82, 2.24) is 0 Å². The van der Waals surface area contributed by atoms with E-state index in [9.17, 15) is 4.79 Å². The molecule has 34 heavy (non-hydrogen) atoms. The van der Waals surface area contributed by atoms with Crippen LogP contribution in [0.2, 0.25) is 0 Å². The van der Waals surface area contributed by atoms with Gasteiger partial charge < -0.3 is 10.6 Å². The van der Waals surface area contributed by atoms with Crippen molar-refractivity contribution >= 4 is 11.6 Å². The Balaban J connectivity index is 1.34. The molecule has 176 valence electrons. The van der Waals surface area contributed by atoms with E-state index in [1.807, 2.05) is 17.0 Å². The Morgan fingerprint density at radius 3 is 2.12 bits per heavy atom. The van der Waals surface area contributed by atoms with Gasteiger partial charge in [0.1, 0.15) is 0 Å². The van der Waals surface area contributed by atoms with Crippen molar-refractivity contribution < 1.29 is 4.79 Å². The molecule has 0 heterocycles.